The molecule has 0 fully saturated rings. The minimum atomic E-state index is -0.457. The predicted molar refractivity (Wildman–Crippen MR) is 93.7 cm³/mol. The Morgan fingerprint density at radius 2 is 2.24 bits per heavy atom. The lowest BCUT2D eigenvalue weighted by Gasteiger charge is -2.11. The fourth-order valence-corrected chi connectivity index (χ4v) is 2.40. The molecule has 2 rings (SSSR count). The quantitative estimate of drug-likeness (QED) is 0.592. The lowest BCUT2D eigenvalue weighted by molar-refractivity contribution is 0.0941. The van der Waals surface area contributed by atoms with Gasteiger partial charge in [0.2, 0.25) is 0 Å². The number of unbranched alkanes of at least 4 members (excludes halogenated alkanes) is 2. The molecular weight excluding hydrogens is 321 g/mol. The Labute approximate surface area is 147 Å². The summed E-state index contributed by atoms with van der Waals surface area (Å²) >= 11 is 0. The third-order valence-corrected chi connectivity index (χ3v) is 3.69. The van der Waals surface area contributed by atoms with Crippen LogP contribution in [0.5, 0.6) is 5.75 Å². The summed E-state index contributed by atoms with van der Waals surface area (Å²) in [6.45, 7) is 2.28. The molecular formula is C19H22FN3O2. The monoisotopic (exact) mass is 343 g/mol. The highest BCUT2D eigenvalue weighted by atomic mass is 19.1. The van der Waals surface area contributed by atoms with Gasteiger partial charge in [0.1, 0.15) is 5.69 Å². The fourth-order valence-electron chi connectivity index (χ4n) is 2.40. The molecule has 6 heteroatoms. The zero-order valence-corrected chi connectivity index (χ0v) is 14.5. The summed E-state index contributed by atoms with van der Waals surface area (Å²) in [5, 5.41) is 6.83. The molecule has 0 bridgehead atoms. The smallest absolute Gasteiger partial charge is 0.269 e. The number of terminal acetylenes is 1. The number of carbonyl (C=O) groups excluding carboxylic acids is 1. The molecule has 0 radical (unpaired) electrons. The average molecular weight is 343 g/mol. The maximum atomic E-state index is 14.5. The molecule has 0 aliphatic heterocycles. The van der Waals surface area contributed by atoms with Gasteiger partial charge in [0.15, 0.2) is 11.6 Å². The highest BCUT2D eigenvalue weighted by Crippen LogP contribution is 2.21. The highest BCUT2D eigenvalue weighted by molar-refractivity contribution is 5.92. The number of hydrogen-bond acceptors (Lipinski definition) is 3. The van der Waals surface area contributed by atoms with Crippen LogP contribution >= 0.6 is 0 Å². The van der Waals surface area contributed by atoms with Crippen LogP contribution in [0.15, 0.2) is 24.3 Å². The molecule has 1 heterocycles. The summed E-state index contributed by atoms with van der Waals surface area (Å²) in [6.07, 6.45) is 7.48. The maximum Gasteiger partial charge on any atom is 0.269 e. The van der Waals surface area contributed by atoms with E-state index in [2.05, 4.69) is 16.3 Å². The maximum absolute atomic E-state index is 14.5. The second kappa shape index (κ2) is 8.88. The van der Waals surface area contributed by atoms with Gasteiger partial charge in [-0.2, -0.15) is 5.10 Å². The Kier molecular flexibility index (Phi) is 6.58. The molecule has 0 unspecified atom stereocenters. The molecule has 1 N–H and O–H groups in total. The third kappa shape index (κ3) is 5.08. The third-order valence-electron chi connectivity index (χ3n) is 3.69. The van der Waals surface area contributed by atoms with E-state index in [9.17, 15) is 9.18 Å². The van der Waals surface area contributed by atoms with Gasteiger partial charge >= 0.3 is 0 Å². The molecule has 0 spiro atoms. The number of hydrogen-bond donors (Lipinski definition) is 1. The Morgan fingerprint density at radius 1 is 1.44 bits per heavy atom. The lowest BCUT2D eigenvalue weighted by Crippen LogP contribution is -2.25. The Morgan fingerprint density at radius 3 is 2.92 bits per heavy atom. The standard InChI is InChI=1S/C19H22FN3O2/c1-4-5-6-7-11-25-17-10-8-9-15(18(17)20)13-21-19(24)16-12-14(2)22-23(16)3/h1,8-10,12H,5-7,11,13H2,2-3H3,(H,21,24). The Hall–Kier alpha value is -2.81. The number of nitrogens with one attached hydrogen (secondary N) is 1. The van der Waals surface area contributed by atoms with Crippen LogP contribution in [-0.2, 0) is 13.6 Å². The SMILES string of the molecule is C#CCCCCOc1cccc(CNC(=O)c2cc(C)nn2C)c1F. The van der Waals surface area contributed by atoms with Crippen molar-refractivity contribution in [3.63, 3.8) is 0 Å². The zero-order valence-electron chi connectivity index (χ0n) is 14.5. The van der Waals surface area contributed by atoms with Crippen molar-refractivity contribution in [2.24, 2.45) is 7.05 Å². The largest absolute Gasteiger partial charge is 0.491 e. The average Bonchev–Trinajstić information content (AvgIpc) is 2.93. The van der Waals surface area contributed by atoms with E-state index in [1.807, 2.05) is 0 Å². The van der Waals surface area contributed by atoms with E-state index in [-0.39, 0.29) is 18.2 Å². The van der Waals surface area contributed by atoms with Crippen LogP contribution in [0.2, 0.25) is 0 Å². The van der Waals surface area contributed by atoms with Crippen LogP contribution in [0.1, 0.15) is 41.0 Å². The van der Waals surface area contributed by atoms with Crippen LogP contribution in [-0.4, -0.2) is 22.3 Å². The van der Waals surface area contributed by atoms with Gasteiger partial charge in [-0.1, -0.05) is 12.1 Å². The second-order valence-electron chi connectivity index (χ2n) is 5.72. The number of benzene rings is 1. The molecule has 0 saturated heterocycles. The van der Waals surface area contributed by atoms with Gasteiger partial charge in [0, 0.05) is 25.6 Å². The second-order valence-corrected chi connectivity index (χ2v) is 5.72. The molecule has 1 aromatic heterocycles. The summed E-state index contributed by atoms with van der Waals surface area (Å²) in [4.78, 5) is 12.2. The van der Waals surface area contributed by atoms with E-state index in [4.69, 9.17) is 11.2 Å². The molecule has 2 aromatic rings. The normalized spacial score (nSPS) is 10.3. The Bertz CT molecular complexity index is 777. The van der Waals surface area contributed by atoms with Crippen LogP contribution in [0.3, 0.4) is 0 Å². The topological polar surface area (TPSA) is 56.1 Å². The fraction of sp³-hybridized carbons (Fsp3) is 0.368. The molecule has 1 aromatic carbocycles. The van der Waals surface area contributed by atoms with Crippen molar-refractivity contribution in [3.8, 4) is 18.1 Å². The molecule has 0 aliphatic rings. The van der Waals surface area contributed by atoms with Gasteiger partial charge in [-0.3, -0.25) is 9.48 Å². The van der Waals surface area contributed by atoms with Crippen molar-refractivity contribution in [3.05, 3.63) is 47.0 Å². The molecule has 0 aliphatic carbocycles. The molecule has 132 valence electrons. The number of aryl methyl sites for hydroxylation is 2. The predicted octanol–water partition coefficient (Wildman–Crippen LogP) is 2.98. The first-order valence-corrected chi connectivity index (χ1v) is 8.15. The van der Waals surface area contributed by atoms with Crippen LogP contribution in [0, 0.1) is 25.1 Å². The van der Waals surface area contributed by atoms with Gasteiger partial charge in [-0.25, -0.2) is 4.39 Å². The van der Waals surface area contributed by atoms with Crippen LogP contribution in [0.4, 0.5) is 4.39 Å². The summed E-state index contributed by atoms with van der Waals surface area (Å²) in [6, 6.07) is 6.58. The molecule has 1 amide bonds. The van der Waals surface area contributed by atoms with Crippen molar-refractivity contribution in [1.29, 1.82) is 0 Å². The van der Waals surface area contributed by atoms with E-state index in [0.29, 0.717) is 24.3 Å². The van der Waals surface area contributed by atoms with Crippen molar-refractivity contribution >= 4 is 5.91 Å². The molecule has 0 saturated carbocycles. The summed E-state index contributed by atoms with van der Waals surface area (Å²) in [7, 11) is 1.69. The zero-order chi connectivity index (χ0) is 18.2. The Balaban J connectivity index is 1.94. The van der Waals surface area contributed by atoms with E-state index in [1.54, 1.807) is 38.2 Å². The summed E-state index contributed by atoms with van der Waals surface area (Å²) < 4.78 is 21.4. The first-order chi connectivity index (χ1) is 12.0. The summed E-state index contributed by atoms with van der Waals surface area (Å²) in [5.74, 6) is 1.98. The summed E-state index contributed by atoms with van der Waals surface area (Å²) in [5.41, 5.74) is 1.55. The number of carbonyl (C=O) groups is 1. The minimum Gasteiger partial charge on any atom is -0.491 e. The van der Waals surface area contributed by atoms with Crippen molar-refractivity contribution < 1.29 is 13.9 Å². The molecule has 25 heavy (non-hydrogen) atoms. The van der Waals surface area contributed by atoms with E-state index in [1.165, 1.54) is 4.68 Å². The minimum absolute atomic E-state index is 0.0726. The van der Waals surface area contributed by atoms with Gasteiger partial charge in [-0.05, 0) is 31.9 Å². The first kappa shape index (κ1) is 18.5. The number of aromatic nitrogens is 2. The molecule has 5 nitrogen and oxygen atoms in total. The van der Waals surface area contributed by atoms with Crippen molar-refractivity contribution in [2.75, 3.05) is 6.61 Å². The van der Waals surface area contributed by atoms with Gasteiger partial charge in [-0.15, -0.1) is 12.3 Å². The molecule has 0 atom stereocenters. The lowest BCUT2D eigenvalue weighted by atomic mass is 10.2. The van der Waals surface area contributed by atoms with Crippen LogP contribution < -0.4 is 10.1 Å². The van der Waals surface area contributed by atoms with E-state index < -0.39 is 5.82 Å². The van der Waals surface area contributed by atoms with Crippen molar-refractivity contribution in [2.45, 2.75) is 32.7 Å². The number of rotatable bonds is 8. The highest BCUT2D eigenvalue weighted by Gasteiger charge is 2.14. The van der Waals surface area contributed by atoms with Gasteiger partial charge < -0.3 is 10.1 Å². The first-order valence-electron chi connectivity index (χ1n) is 8.15. The van der Waals surface area contributed by atoms with Gasteiger partial charge in [0.25, 0.3) is 5.91 Å². The van der Waals surface area contributed by atoms with E-state index >= 15 is 0 Å². The number of nitrogens with zero attached hydrogens (tertiary/aromatic N) is 2. The number of halogens is 1. The number of amides is 1. The van der Waals surface area contributed by atoms with E-state index in [0.717, 1.165) is 18.5 Å². The van der Waals surface area contributed by atoms with Crippen LogP contribution in [0.25, 0.3) is 0 Å². The number of ether oxygens (including phenoxy) is 1. The van der Waals surface area contributed by atoms with Crippen molar-refractivity contribution in [1.82, 2.24) is 15.1 Å². The van der Waals surface area contributed by atoms with Gasteiger partial charge in [0.05, 0.1) is 12.3 Å².